The van der Waals surface area contributed by atoms with Crippen molar-refractivity contribution in [2.75, 3.05) is 5.73 Å². The fraction of sp³-hybridized carbons (Fsp3) is 0.429. The SMILES string of the molecule is CC1(C)CC(=O)CC(=Nc2ccccc2N)C1. The number of carbonyl (C=O) groups is 1. The Bertz CT molecular complexity index is 475. The molecule has 90 valence electrons. The van der Waals surface area contributed by atoms with Crippen LogP contribution in [0.4, 0.5) is 11.4 Å². The average molecular weight is 230 g/mol. The Balaban J connectivity index is 2.28. The maximum Gasteiger partial charge on any atom is 0.139 e. The number of benzene rings is 1. The van der Waals surface area contributed by atoms with E-state index in [-0.39, 0.29) is 11.2 Å². The van der Waals surface area contributed by atoms with E-state index in [1.165, 1.54) is 0 Å². The summed E-state index contributed by atoms with van der Waals surface area (Å²) in [4.78, 5) is 16.2. The van der Waals surface area contributed by atoms with Gasteiger partial charge < -0.3 is 5.73 Å². The summed E-state index contributed by atoms with van der Waals surface area (Å²) in [5, 5.41) is 0. The first-order valence-corrected chi connectivity index (χ1v) is 5.89. The highest BCUT2D eigenvalue weighted by molar-refractivity contribution is 6.06. The molecule has 0 aromatic heterocycles. The third kappa shape index (κ3) is 2.93. The molecule has 1 aromatic carbocycles. The second kappa shape index (κ2) is 4.32. The van der Waals surface area contributed by atoms with Crippen LogP contribution in [0.15, 0.2) is 29.3 Å². The molecule has 2 N–H and O–H groups in total. The van der Waals surface area contributed by atoms with Crippen LogP contribution in [0.5, 0.6) is 0 Å². The van der Waals surface area contributed by atoms with Gasteiger partial charge in [-0.2, -0.15) is 0 Å². The number of aliphatic imine (C=N–C) groups is 1. The van der Waals surface area contributed by atoms with Crippen LogP contribution in [-0.4, -0.2) is 11.5 Å². The summed E-state index contributed by atoms with van der Waals surface area (Å²) >= 11 is 0. The standard InChI is InChI=1S/C14H18N2O/c1-14(2)8-10(7-11(17)9-14)16-13-6-4-3-5-12(13)15/h3-6H,7-9,15H2,1-2H3. The molecule has 1 aliphatic rings. The van der Waals surface area contributed by atoms with Crippen molar-refractivity contribution < 1.29 is 4.79 Å². The highest BCUT2D eigenvalue weighted by Crippen LogP contribution is 2.33. The minimum absolute atomic E-state index is 0.0255. The maximum absolute atomic E-state index is 11.7. The topological polar surface area (TPSA) is 55.5 Å². The van der Waals surface area contributed by atoms with Crippen LogP contribution in [-0.2, 0) is 4.79 Å². The predicted octanol–water partition coefficient (Wildman–Crippen LogP) is 3.12. The Morgan fingerprint density at radius 3 is 2.59 bits per heavy atom. The van der Waals surface area contributed by atoms with Crippen molar-refractivity contribution in [1.29, 1.82) is 0 Å². The molecule has 1 fully saturated rings. The first-order valence-electron chi connectivity index (χ1n) is 5.89. The normalized spacial score (nSPS) is 21.8. The molecule has 1 aromatic rings. The number of Topliss-reactive ketones (excluding diaryl/α,β-unsaturated/α-hetero) is 1. The molecule has 0 radical (unpaired) electrons. The van der Waals surface area contributed by atoms with E-state index in [0.29, 0.717) is 18.5 Å². The minimum atomic E-state index is 0.0255. The number of nitrogens with zero attached hydrogens (tertiary/aromatic N) is 1. The summed E-state index contributed by atoms with van der Waals surface area (Å²) in [5.41, 5.74) is 8.26. The molecule has 0 atom stereocenters. The van der Waals surface area contributed by atoms with E-state index < -0.39 is 0 Å². The Kier molecular flexibility index (Phi) is 3.01. The van der Waals surface area contributed by atoms with Crippen molar-refractivity contribution in [3.8, 4) is 0 Å². The van der Waals surface area contributed by atoms with Gasteiger partial charge in [-0.25, -0.2) is 0 Å². The molecule has 0 bridgehead atoms. The minimum Gasteiger partial charge on any atom is -0.397 e. The summed E-state index contributed by atoms with van der Waals surface area (Å²) in [5.74, 6) is 0.273. The van der Waals surface area contributed by atoms with Crippen molar-refractivity contribution in [3.63, 3.8) is 0 Å². The van der Waals surface area contributed by atoms with Gasteiger partial charge in [0.05, 0.1) is 11.4 Å². The number of para-hydroxylation sites is 2. The Morgan fingerprint density at radius 1 is 1.24 bits per heavy atom. The number of hydrogen-bond acceptors (Lipinski definition) is 3. The number of carbonyl (C=O) groups excluding carboxylic acids is 1. The summed E-state index contributed by atoms with van der Waals surface area (Å²) < 4.78 is 0. The van der Waals surface area contributed by atoms with E-state index in [9.17, 15) is 4.79 Å². The van der Waals surface area contributed by atoms with Gasteiger partial charge in [-0.1, -0.05) is 26.0 Å². The van der Waals surface area contributed by atoms with Crippen LogP contribution in [0.1, 0.15) is 33.1 Å². The van der Waals surface area contributed by atoms with Crippen LogP contribution in [0, 0.1) is 5.41 Å². The number of hydrogen-bond donors (Lipinski definition) is 1. The summed E-state index contributed by atoms with van der Waals surface area (Å²) in [7, 11) is 0. The average Bonchev–Trinajstić information content (AvgIpc) is 2.18. The lowest BCUT2D eigenvalue weighted by Gasteiger charge is -2.29. The third-order valence-electron chi connectivity index (χ3n) is 2.97. The van der Waals surface area contributed by atoms with Gasteiger partial charge in [0, 0.05) is 18.6 Å². The summed E-state index contributed by atoms with van der Waals surface area (Å²) in [6.45, 7) is 4.21. The summed E-state index contributed by atoms with van der Waals surface area (Å²) in [6, 6.07) is 7.50. The Morgan fingerprint density at radius 2 is 1.94 bits per heavy atom. The zero-order valence-electron chi connectivity index (χ0n) is 10.4. The Hall–Kier alpha value is -1.64. The van der Waals surface area contributed by atoms with Gasteiger partial charge in [-0.3, -0.25) is 9.79 Å². The molecule has 0 heterocycles. The largest absolute Gasteiger partial charge is 0.397 e. The maximum atomic E-state index is 11.7. The number of nitrogens with two attached hydrogens (primary N) is 1. The molecule has 0 unspecified atom stereocenters. The molecule has 0 spiro atoms. The van der Waals surface area contributed by atoms with Gasteiger partial charge in [-0.05, 0) is 24.0 Å². The highest BCUT2D eigenvalue weighted by Gasteiger charge is 2.30. The van der Waals surface area contributed by atoms with Crippen molar-refractivity contribution >= 4 is 22.9 Å². The van der Waals surface area contributed by atoms with Crippen LogP contribution < -0.4 is 5.73 Å². The molecule has 17 heavy (non-hydrogen) atoms. The Labute approximate surface area is 102 Å². The number of anilines is 1. The predicted molar refractivity (Wildman–Crippen MR) is 70.6 cm³/mol. The van der Waals surface area contributed by atoms with Crippen LogP contribution >= 0.6 is 0 Å². The molecule has 1 aliphatic carbocycles. The van der Waals surface area contributed by atoms with E-state index in [1.54, 1.807) is 0 Å². The van der Waals surface area contributed by atoms with Crippen molar-refractivity contribution in [3.05, 3.63) is 24.3 Å². The zero-order chi connectivity index (χ0) is 12.5. The zero-order valence-corrected chi connectivity index (χ0v) is 10.4. The summed E-state index contributed by atoms with van der Waals surface area (Å²) in [6.07, 6.45) is 1.99. The molecule has 2 rings (SSSR count). The lowest BCUT2D eigenvalue weighted by molar-refractivity contribution is -0.120. The quantitative estimate of drug-likeness (QED) is 0.753. The van der Waals surface area contributed by atoms with Crippen molar-refractivity contribution in [1.82, 2.24) is 0 Å². The molecular formula is C14H18N2O. The fourth-order valence-electron chi connectivity index (χ4n) is 2.34. The number of ketones is 1. The van der Waals surface area contributed by atoms with E-state index in [4.69, 9.17) is 5.73 Å². The van der Waals surface area contributed by atoms with Gasteiger partial charge in [0.2, 0.25) is 0 Å². The number of rotatable bonds is 1. The van der Waals surface area contributed by atoms with E-state index in [1.807, 2.05) is 24.3 Å². The second-order valence-corrected chi connectivity index (χ2v) is 5.47. The molecule has 0 saturated heterocycles. The van der Waals surface area contributed by atoms with Gasteiger partial charge in [0.1, 0.15) is 5.78 Å². The van der Waals surface area contributed by atoms with Crippen molar-refractivity contribution in [2.24, 2.45) is 10.4 Å². The second-order valence-electron chi connectivity index (χ2n) is 5.47. The first-order chi connectivity index (χ1) is 7.96. The fourth-order valence-corrected chi connectivity index (χ4v) is 2.34. The third-order valence-corrected chi connectivity index (χ3v) is 2.97. The smallest absolute Gasteiger partial charge is 0.139 e. The van der Waals surface area contributed by atoms with E-state index >= 15 is 0 Å². The van der Waals surface area contributed by atoms with Gasteiger partial charge in [-0.15, -0.1) is 0 Å². The van der Waals surface area contributed by atoms with Crippen LogP contribution in [0.25, 0.3) is 0 Å². The van der Waals surface area contributed by atoms with Gasteiger partial charge in [0.15, 0.2) is 0 Å². The van der Waals surface area contributed by atoms with Gasteiger partial charge >= 0.3 is 0 Å². The molecule has 0 aliphatic heterocycles. The first kappa shape index (κ1) is 11.8. The molecule has 0 amide bonds. The van der Waals surface area contributed by atoms with E-state index in [2.05, 4.69) is 18.8 Å². The highest BCUT2D eigenvalue weighted by atomic mass is 16.1. The van der Waals surface area contributed by atoms with Gasteiger partial charge in [0.25, 0.3) is 0 Å². The monoisotopic (exact) mass is 230 g/mol. The molecule has 3 heteroatoms. The molecule has 3 nitrogen and oxygen atoms in total. The van der Waals surface area contributed by atoms with Crippen LogP contribution in [0.3, 0.4) is 0 Å². The number of nitrogen functional groups attached to an aromatic ring is 1. The lowest BCUT2D eigenvalue weighted by Crippen LogP contribution is -2.28. The lowest BCUT2D eigenvalue weighted by atomic mass is 9.76. The van der Waals surface area contributed by atoms with Crippen LogP contribution in [0.2, 0.25) is 0 Å². The van der Waals surface area contributed by atoms with Crippen molar-refractivity contribution in [2.45, 2.75) is 33.1 Å². The molecular weight excluding hydrogens is 212 g/mol. The van der Waals surface area contributed by atoms with E-state index in [0.717, 1.165) is 17.8 Å². The molecule has 1 saturated carbocycles.